The van der Waals surface area contributed by atoms with E-state index >= 15 is 0 Å². The zero-order valence-electron chi connectivity index (χ0n) is 28.7. The Morgan fingerprint density at radius 1 is 0.864 bits per heavy atom. The van der Waals surface area contributed by atoms with Crippen molar-refractivity contribution in [2.75, 3.05) is 11.9 Å². The van der Waals surface area contributed by atoms with Crippen LogP contribution in [0.25, 0.3) is 0 Å². The summed E-state index contributed by atoms with van der Waals surface area (Å²) in [6.45, 7) is 18.0. The fourth-order valence-corrected chi connectivity index (χ4v) is 5.38. The smallest absolute Gasteiger partial charge is 0.408 e. The molecule has 0 aromatic heterocycles. The third-order valence-corrected chi connectivity index (χ3v) is 7.72. The van der Waals surface area contributed by atoms with Gasteiger partial charge in [0.1, 0.15) is 17.7 Å². The van der Waals surface area contributed by atoms with E-state index in [0.717, 1.165) is 66.5 Å². The number of aryl methyl sites for hydroxylation is 3. The van der Waals surface area contributed by atoms with Gasteiger partial charge in [0.15, 0.2) is 0 Å². The van der Waals surface area contributed by atoms with Gasteiger partial charge in [0, 0.05) is 12.2 Å². The Bertz CT molecular complexity index is 1180. The first-order chi connectivity index (χ1) is 20.8. The monoisotopic (exact) mass is 607 g/mol. The second-order valence-electron chi connectivity index (χ2n) is 13.4. The van der Waals surface area contributed by atoms with Crippen LogP contribution >= 0.6 is 0 Å². The number of alkyl carbamates (subject to hydrolysis) is 1. The van der Waals surface area contributed by atoms with E-state index in [4.69, 9.17) is 4.74 Å². The molecule has 3 amide bonds. The molecule has 0 aliphatic heterocycles. The Morgan fingerprint density at radius 3 is 2.00 bits per heavy atom. The van der Waals surface area contributed by atoms with Gasteiger partial charge in [-0.25, -0.2) is 4.79 Å². The summed E-state index contributed by atoms with van der Waals surface area (Å²) in [7, 11) is 0. The molecule has 7 nitrogen and oxygen atoms in total. The topological polar surface area (TPSA) is 87.7 Å². The first-order valence-electron chi connectivity index (χ1n) is 16.5. The van der Waals surface area contributed by atoms with Crippen molar-refractivity contribution < 1.29 is 19.1 Å². The minimum absolute atomic E-state index is 0.125. The van der Waals surface area contributed by atoms with Crippen molar-refractivity contribution in [1.29, 1.82) is 0 Å². The highest BCUT2D eigenvalue weighted by Gasteiger charge is 2.36. The van der Waals surface area contributed by atoms with Gasteiger partial charge >= 0.3 is 6.09 Å². The van der Waals surface area contributed by atoms with Crippen LogP contribution in [0.2, 0.25) is 0 Å². The van der Waals surface area contributed by atoms with Crippen molar-refractivity contribution >= 4 is 23.6 Å². The lowest BCUT2D eigenvalue weighted by Gasteiger charge is -2.35. The summed E-state index contributed by atoms with van der Waals surface area (Å²) in [5, 5.41) is 6.02. The minimum atomic E-state index is -0.877. The Morgan fingerprint density at radius 2 is 1.45 bits per heavy atom. The molecule has 0 saturated heterocycles. The Balaban J connectivity index is 2.57. The van der Waals surface area contributed by atoms with E-state index in [9.17, 15) is 14.4 Å². The van der Waals surface area contributed by atoms with Crippen molar-refractivity contribution in [2.45, 2.75) is 131 Å². The number of unbranched alkanes of at least 4 members (excludes halogenated alkanes) is 5. The third-order valence-electron chi connectivity index (χ3n) is 7.72. The second kappa shape index (κ2) is 17.8. The van der Waals surface area contributed by atoms with Crippen LogP contribution in [0.1, 0.15) is 122 Å². The van der Waals surface area contributed by atoms with Crippen molar-refractivity contribution in [1.82, 2.24) is 10.2 Å². The molecule has 0 heterocycles. The van der Waals surface area contributed by atoms with Gasteiger partial charge in [-0.3, -0.25) is 9.59 Å². The molecule has 244 valence electrons. The number of hydrogen-bond acceptors (Lipinski definition) is 4. The number of amides is 3. The van der Waals surface area contributed by atoms with Crippen LogP contribution in [-0.4, -0.2) is 41.0 Å². The van der Waals surface area contributed by atoms with Crippen LogP contribution in [-0.2, 0) is 20.7 Å². The van der Waals surface area contributed by atoms with E-state index in [2.05, 4.69) is 24.5 Å². The molecule has 0 aliphatic carbocycles. The Hall–Kier alpha value is -3.35. The summed E-state index contributed by atoms with van der Waals surface area (Å²) in [6, 6.07) is 12.1. The van der Waals surface area contributed by atoms with Crippen LogP contribution < -0.4 is 10.6 Å². The summed E-state index contributed by atoms with van der Waals surface area (Å²) < 4.78 is 5.54. The predicted molar refractivity (Wildman–Crippen MR) is 181 cm³/mol. The number of carbonyl (C=O) groups is 3. The maximum atomic E-state index is 14.6. The van der Waals surface area contributed by atoms with Gasteiger partial charge in [0.25, 0.3) is 5.91 Å². The molecule has 0 saturated carbocycles. The van der Waals surface area contributed by atoms with Crippen LogP contribution in [0.3, 0.4) is 0 Å². The molecule has 2 unspecified atom stereocenters. The summed E-state index contributed by atoms with van der Waals surface area (Å²) in [5.41, 5.74) is 3.85. The lowest BCUT2D eigenvalue weighted by atomic mass is 9.97. The maximum Gasteiger partial charge on any atom is 0.408 e. The highest BCUT2D eigenvalue weighted by atomic mass is 16.6. The molecular formula is C37H57N3O4. The first-order valence-corrected chi connectivity index (χ1v) is 16.5. The first kappa shape index (κ1) is 36.8. The van der Waals surface area contributed by atoms with E-state index < -0.39 is 23.8 Å². The zero-order valence-corrected chi connectivity index (χ0v) is 28.7. The molecule has 0 bridgehead atoms. The van der Waals surface area contributed by atoms with Crippen LogP contribution in [0, 0.1) is 19.8 Å². The maximum absolute atomic E-state index is 14.6. The number of carbonyl (C=O) groups excluding carboxylic acids is 3. The number of nitrogens with one attached hydrogen (secondary N) is 2. The normalized spacial score (nSPS) is 12.9. The SMILES string of the molecule is CCCCCCCCN(C(=O)C(CC(C)C)NC(=O)OC(C)(C)C)C(C(=O)Nc1c(C)cccc1C)c1ccc(CC)cc1. The molecular weight excluding hydrogens is 550 g/mol. The number of para-hydroxylation sites is 1. The van der Waals surface area contributed by atoms with Crippen LogP contribution in [0.4, 0.5) is 10.5 Å². The summed E-state index contributed by atoms with van der Waals surface area (Å²) in [4.78, 5) is 43.5. The highest BCUT2D eigenvalue weighted by molar-refractivity contribution is 5.99. The molecule has 2 aromatic rings. The van der Waals surface area contributed by atoms with Gasteiger partial charge < -0.3 is 20.3 Å². The molecule has 2 aromatic carbocycles. The van der Waals surface area contributed by atoms with Crippen LogP contribution in [0.5, 0.6) is 0 Å². The fraction of sp³-hybridized carbons (Fsp3) is 0.595. The molecule has 0 aliphatic rings. The molecule has 0 spiro atoms. The van der Waals surface area contributed by atoms with E-state index in [1.165, 1.54) is 6.42 Å². The van der Waals surface area contributed by atoms with Gasteiger partial charge in [-0.2, -0.15) is 0 Å². The average Bonchev–Trinajstić information content (AvgIpc) is 2.94. The number of benzene rings is 2. The predicted octanol–water partition coefficient (Wildman–Crippen LogP) is 8.67. The van der Waals surface area contributed by atoms with Crippen LogP contribution in [0.15, 0.2) is 42.5 Å². The van der Waals surface area contributed by atoms with Gasteiger partial charge in [0.2, 0.25) is 5.91 Å². The lowest BCUT2D eigenvalue weighted by Crippen LogP contribution is -2.53. The van der Waals surface area contributed by atoms with E-state index in [0.29, 0.717) is 13.0 Å². The summed E-state index contributed by atoms with van der Waals surface area (Å²) in [6.07, 6.45) is 6.94. The molecule has 0 fully saturated rings. The number of anilines is 1. The van der Waals surface area contributed by atoms with Gasteiger partial charge in [0.05, 0.1) is 0 Å². The summed E-state index contributed by atoms with van der Waals surface area (Å²) in [5.74, 6) is -0.425. The molecule has 2 N–H and O–H groups in total. The third kappa shape index (κ3) is 12.0. The summed E-state index contributed by atoms with van der Waals surface area (Å²) >= 11 is 0. The zero-order chi connectivity index (χ0) is 32.9. The second-order valence-corrected chi connectivity index (χ2v) is 13.4. The number of hydrogen-bond donors (Lipinski definition) is 2. The fourth-order valence-electron chi connectivity index (χ4n) is 5.38. The van der Waals surface area contributed by atoms with Crippen molar-refractivity contribution in [3.05, 3.63) is 64.7 Å². The number of ether oxygens (including phenoxy) is 1. The largest absolute Gasteiger partial charge is 0.444 e. The standard InChI is InChI=1S/C37H57N3O4/c1-10-12-13-14-15-16-24-40(35(42)31(25-26(3)4)38-36(43)44-37(7,8)9)33(30-22-20-29(11-2)21-23-30)34(41)39-32-27(5)18-17-19-28(32)6/h17-23,26,31,33H,10-16,24-25H2,1-9H3,(H,38,43)(H,39,41). The van der Waals surface area contributed by atoms with E-state index in [-0.39, 0.29) is 17.7 Å². The van der Waals surface area contributed by atoms with Crippen molar-refractivity contribution in [2.24, 2.45) is 5.92 Å². The van der Waals surface area contributed by atoms with E-state index in [1.807, 2.05) is 70.2 Å². The Kier molecular flexibility index (Phi) is 14.9. The highest BCUT2D eigenvalue weighted by Crippen LogP contribution is 2.28. The molecule has 7 heteroatoms. The van der Waals surface area contributed by atoms with Gasteiger partial charge in [-0.15, -0.1) is 0 Å². The molecule has 2 atom stereocenters. The lowest BCUT2D eigenvalue weighted by molar-refractivity contribution is -0.141. The molecule has 2 rings (SSSR count). The van der Waals surface area contributed by atoms with Crippen molar-refractivity contribution in [3.63, 3.8) is 0 Å². The number of rotatable bonds is 16. The average molecular weight is 608 g/mol. The van der Waals surface area contributed by atoms with Gasteiger partial charge in [-0.1, -0.05) is 102 Å². The van der Waals surface area contributed by atoms with E-state index in [1.54, 1.807) is 25.7 Å². The quantitative estimate of drug-likeness (QED) is 0.187. The molecule has 44 heavy (non-hydrogen) atoms. The van der Waals surface area contributed by atoms with Crippen molar-refractivity contribution in [3.8, 4) is 0 Å². The van der Waals surface area contributed by atoms with Gasteiger partial charge in [-0.05, 0) is 82.1 Å². The number of nitrogens with zero attached hydrogens (tertiary/aromatic N) is 1. The Labute approximate surface area is 266 Å². The molecule has 0 radical (unpaired) electrons. The minimum Gasteiger partial charge on any atom is -0.444 e.